The average Bonchev–Trinajstić information content (AvgIpc) is 3.71. The number of carboxylic acid groups (broad SMARTS) is 1. The van der Waals surface area contributed by atoms with Crippen molar-refractivity contribution in [2.45, 2.75) is 82.3 Å². The molecule has 2 aromatic carbocycles. The number of likely N-dealkylation sites (tertiary alicyclic amines) is 1. The summed E-state index contributed by atoms with van der Waals surface area (Å²) in [6.45, 7) is 3.00. The molecule has 6 rings (SSSR count). The summed E-state index contributed by atoms with van der Waals surface area (Å²) in [5, 5.41) is 19.4. The van der Waals surface area contributed by atoms with Crippen LogP contribution in [0, 0.1) is 11.2 Å². The van der Waals surface area contributed by atoms with E-state index in [2.05, 4.69) is 21.4 Å². The Morgan fingerprint density at radius 2 is 1.95 bits per heavy atom. The van der Waals surface area contributed by atoms with E-state index in [1.165, 1.54) is 12.1 Å². The maximum absolute atomic E-state index is 13.6. The van der Waals surface area contributed by atoms with Gasteiger partial charge in [0.15, 0.2) is 5.60 Å². The van der Waals surface area contributed by atoms with Gasteiger partial charge in [-0.05, 0) is 85.8 Å². The molecule has 3 fully saturated rings. The molecule has 3 aliphatic heterocycles. The first kappa shape index (κ1) is 28.8. The fraction of sp³-hybridized carbons (Fsp3) is 0.562. The number of hydrogen-bond acceptors (Lipinski definition) is 7. The van der Waals surface area contributed by atoms with Crippen molar-refractivity contribution in [3.63, 3.8) is 0 Å². The minimum absolute atomic E-state index is 0.132. The Hall–Kier alpha value is -3.27. The van der Waals surface area contributed by atoms with Gasteiger partial charge in [-0.15, -0.1) is 0 Å². The number of halogens is 3. The Balaban J connectivity index is 1.10. The Morgan fingerprint density at radius 3 is 2.57 bits per heavy atom. The Kier molecular flexibility index (Phi) is 7.85. The highest BCUT2D eigenvalue weighted by Crippen LogP contribution is 2.48. The van der Waals surface area contributed by atoms with Crippen LogP contribution in [0.25, 0.3) is 11.1 Å². The lowest BCUT2D eigenvalue weighted by atomic mass is 9.78. The third-order valence-corrected chi connectivity index (χ3v) is 9.46. The van der Waals surface area contributed by atoms with Gasteiger partial charge in [0.1, 0.15) is 24.0 Å². The highest BCUT2D eigenvalue weighted by molar-refractivity contribution is 5.85. The third kappa shape index (κ3) is 5.82. The van der Waals surface area contributed by atoms with Gasteiger partial charge in [0.05, 0.1) is 12.5 Å². The number of piperidine rings is 1. The summed E-state index contributed by atoms with van der Waals surface area (Å²) in [6.07, 6.45) is 3.68. The SMILES string of the molecule is CC1(C(=O)[O-])CCN(C2=NOC3(CNC3CCCc3cc(OCC(F)F)c(-c4ccc(F)cc4)c(C4CC4)c3)C2)CC1. The van der Waals surface area contributed by atoms with E-state index in [0.717, 1.165) is 60.2 Å². The van der Waals surface area contributed by atoms with Gasteiger partial charge < -0.3 is 29.7 Å². The second-order valence-corrected chi connectivity index (χ2v) is 12.5. The molecular weight excluding hydrogens is 547 g/mol. The fourth-order valence-corrected chi connectivity index (χ4v) is 6.49. The molecule has 0 bridgehead atoms. The van der Waals surface area contributed by atoms with Crippen LogP contribution in [0.4, 0.5) is 13.2 Å². The number of alkyl halides is 2. The number of carboxylic acids is 1. The molecule has 4 aliphatic rings. The lowest BCUT2D eigenvalue weighted by molar-refractivity contribution is -0.320. The van der Waals surface area contributed by atoms with Gasteiger partial charge in [-0.25, -0.2) is 13.2 Å². The molecule has 42 heavy (non-hydrogen) atoms. The normalized spacial score (nSPS) is 24.8. The minimum atomic E-state index is -2.60. The molecule has 0 aromatic heterocycles. The van der Waals surface area contributed by atoms with Crippen LogP contribution in [0.5, 0.6) is 5.75 Å². The molecule has 2 atom stereocenters. The van der Waals surface area contributed by atoms with Crippen molar-refractivity contribution < 1.29 is 32.6 Å². The summed E-state index contributed by atoms with van der Waals surface area (Å²) < 4.78 is 45.6. The number of oxime groups is 1. The quantitative estimate of drug-likeness (QED) is 0.438. The zero-order chi connectivity index (χ0) is 29.5. The van der Waals surface area contributed by atoms with Crippen molar-refractivity contribution in [1.29, 1.82) is 0 Å². The van der Waals surface area contributed by atoms with Crippen molar-refractivity contribution in [1.82, 2.24) is 10.2 Å². The van der Waals surface area contributed by atoms with E-state index >= 15 is 0 Å². The first-order valence-electron chi connectivity index (χ1n) is 14.9. The number of benzene rings is 2. The van der Waals surface area contributed by atoms with Crippen LogP contribution in [0.2, 0.25) is 0 Å². The molecule has 2 aromatic rings. The molecular formula is C32H37F3N3O4-. The Morgan fingerprint density at radius 1 is 1.21 bits per heavy atom. The number of carbonyl (C=O) groups excluding carboxylic acids is 1. The summed E-state index contributed by atoms with van der Waals surface area (Å²) in [6, 6.07) is 10.3. The summed E-state index contributed by atoms with van der Waals surface area (Å²) >= 11 is 0. The number of carbonyl (C=O) groups is 1. The Labute approximate surface area is 244 Å². The number of aliphatic carboxylic acids is 1. The van der Waals surface area contributed by atoms with E-state index < -0.39 is 24.4 Å². The van der Waals surface area contributed by atoms with Crippen LogP contribution < -0.4 is 15.2 Å². The van der Waals surface area contributed by atoms with Crippen molar-refractivity contribution in [3.8, 4) is 16.9 Å². The van der Waals surface area contributed by atoms with Gasteiger partial charge >= 0.3 is 0 Å². The maximum atomic E-state index is 13.6. The summed E-state index contributed by atoms with van der Waals surface area (Å²) in [4.78, 5) is 19.6. The number of hydrogen-bond donors (Lipinski definition) is 1. The number of amidine groups is 1. The van der Waals surface area contributed by atoms with Gasteiger partial charge in [0.25, 0.3) is 6.43 Å². The third-order valence-electron chi connectivity index (χ3n) is 9.46. The van der Waals surface area contributed by atoms with Gasteiger partial charge in [-0.3, -0.25) is 0 Å². The second kappa shape index (κ2) is 11.4. The first-order chi connectivity index (χ1) is 20.2. The van der Waals surface area contributed by atoms with Gasteiger partial charge in [-0.2, -0.15) is 0 Å². The summed E-state index contributed by atoms with van der Waals surface area (Å²) in [5.74, 6) is 0.311. The molecule has 1 spiro atoms. The largest absolute Gasteiger partial charge is 0.550 e. The van der Waals surface area contributed by atoms with E-state index in [9.17, 15) is 23.1 Å². The van der Waals surface area contributed by atoms with Crippen LogP contribution in [-0.4, -0.2) is 61.0 Å². The van der Waals surface area contributed by atoms with Crippen molar-refractivity contribution in [2.75, 3.05) is 26.2 Å². The molecule has 1 saturated carbocycles. The van der Waals surface area contributed by atoms with Crippen LogP contribution >= 0.6 is 0 Å². The average molecular weight is 585 g/mol. The lowest BCUT2D eigenvalue weighted by Gasteiger charge is -2.46. The molecule has 0 amide bonds. The minimum Gasteiger partial charge on any atom is -0.550 e. The monoisotopic (exact) mass is 584 g/mol. The van der Waals surface area contributed by atoms with Gasteiger partial charge in [-0.1, -0.05) is 30.3 Å². The number of aryl methyl sites for hydroxylation is 1. The molecule has 7 nitrogen and oxygen atoms in total. The standard InChI is InChI=1S/C32H38F3N3O4/c1-31(30(39)40)11-13-38(14-12-31)28-17-32(42-37-28)19-36-26(32)4-2-3-20-15-24(21-5-6-21)29(22-7-9-23(33)10-8-22)25(16-20)41-18-27(34)35/h7-10,15-16,21,26-27,36H,2-6,11-14,17-19H2,1H3,(H,39,40)/p-1. The van der Waals surface area contributed by atoms with Crippen molar-refractivity contribution in [3.05, 3.63) is 53.3 Å². The van der Waals surface area contributed by atoms with Crippen LogP contribution in [-0.2, 0) is 16.1 Å². The number of rotatable bonds is 10. The molecule has 1 aliphatic carbocycles. The highest BCUT2D eigenvalue weighted by Gasteiger charge is 2.54. The van der Waals surface area contributed by atoms with E-state index in [0.29, 0.717) is 50.6 Å². The fourth-order valence-electron chi connectivity index (χ4n) is 6.49. The zero-order valence-electron chi connectivity index (χ0n) is 23.8. The van der Waals surface area contributed by atoms with E-state index in [4.69, 9.17) is 9.57 Å². The molecule has 2 unspecified atom stereocenters. The summed E-state index contributed by atoms with van der Waals surface area (Å²) in [7, 11) is 0. The summed E-state index contributed by atoms with van der Waals surface area (Å²) in [5.41, 5.74) is 2.48. The van der Waals surface area contributed by atoms with Crippen LogP contribution in [0.15, 0.2) is 41.6 Å². The lowest BCUT2D eigenvalue weighted by Crippen LogP contribution is -2.68. The Bertz CT molecular complexity index is 1340. The molecule has 1 N–H and O–H groups in total. The molecule has 3 heterocycles. The first-order valence-corrected chi connectivity index (χ1v) is 14.9. The van der Waals surface area contributed by atoms with E-state index in [1.54, 1.807) is 19.1 Å². The molecule has 2 saturated heterocycles. The predicted octanol–water partition coefficient (Wildman–Crippen LogP) is 4.63. The van der Waals surface area contributed by atoms with Crippen LogP contribution in [0.3, 0.4) is 0 Å². The number of nitrogens with one attached hydrogen (secondary N) is 1. The second-order valence-electron chi connectivity index (χ2n) is 12.5. The smallest absolute Gasteiger partial charge is 0.272 e. The molecule has 10 heteroatoms. The van der Waals surface area contributed by atoms with Gasteiger partial charge in [0.2, 0.25) is 0 Å². The van der Waals surface area contributed by atoms with E-state index in [1.807, 2.05) is 6.07 Å². The number of nitrogens with zero attached hydrogens (tertiary/aromatic N) is 2. The zero-order valence-corrected chi connectivity index (χ0v) is 23.8. The highest BCUT2D eigenvalue weighted by atomic mass is 19.3. The van der Waals surface area contributed by atoms with E-state index in [-0.39, 0.29) is 17.5 Å². The van der Waals surface area contributed by atoms with Crippen molar-refractivity contribution in [2.24, 2.45) is 10.6 Å². The van der Waals surface area contributed by atoms with Gasteiger partial charge in [0, 0.05) is 36.6 Å². The van der Waals surface area contributed by atoms with Crippen LogP contribution in [0.1, 0.15) is 68.9 Å². The van der Waals surface area contributed by atoms with Crippen molar-refractivity contribution >= 4 is 11.8 Å². The maximum Gasteiger partial charge on any atom is 0.272 e. The number of ether oxygens (including phenoxy) is 1. The molecule has 226 valence electrons. The predicted molar refractivity (Wildman–Crippen MR) is 150 cm³/mol. The topological polar surface area (TPSA) is 86.2 Å². The molecule has 0 radical (unpaired) electrons.